The van der Waals surface area contributed by atoms with Crippen LogP contribution < -0.4 is 25.6 Å². The van der Waals surface area contributed by atoms with Crippen LogP contribution in [0.15, 0.2) is 85.2 Å². The van der Waals surface area contributed by atoms with Crippen LogP contribution in [0.1, 0.15) is 73.5 Å². The minimum Gasteiger partial charge on any atom is -0.471 e. The van der Waals surface area contributed by atoms with E-state index < -0.39 is 16.9 Å². The second-order valence-corrected chi connectivity index (χ2v) is 14.9. The highest BCUT2D eigenvalue weighted by atomic mass is 16.5. The van der Waals surface area contributed by atoms with Gasteiger partial charge in [-0.25, -0.2) is 9.88 Å². The Kier molecular flexibility index (Phi) is 8.22. The lowest BCUT2D eigenvalue weighted by atomic mass is 9.60. The number of rotatable bonds is 8. The predicted molar refractivity (Wildman–Crippen MR) is 210 cm³/mol. The number of nitrogens with one attached hydrogen (secondary N) is 2. The molecule has 1 spiro atoms. The summed E-state index contributed by atoms with van der Waals surface area (Å²) in [6.07, 6.45) is 3.78. The number of H-pyrrole nitrogens is 1. The van der Waals surface area contributed by atoms with E-state index in [2.05, 4.69) is 57.4 Å². The van der Waals surface area contributed by atoms with Crippen LogP contribution in [0.2, 0.25) is 0 Å². The Hall–Kier alpha value is -6.94. The zero-order valence-corrected chi connectivity index (χ0v) is 31.4. The Morgan fingerprint density at radius 2 is 1.51 bits per heavy atom. The van der Waals surface area contributed by atoms with Gasteiger partial charge in [0.1, 0.15) is 12.1 Å². The Morgan fingerprint density at radius 3 is 2.13 bits per heavy atom. The highest BCUT2D eigenvalue weighted by Crippen LogP contribution is 2.58. The number of anilines is 3. The highest BCUT2D eigenvalue weighted by molar-refractivity contribution is 6.05. The van der Waals surface area contributed by atoms with Crippen molar-refractivity contribution >= 4 is 40.3 Å². The van der Waals surface area contributed by atoms with E-state index in [1.54, 1.807) is 18.2 Å². The highest BCUT2D eigenvalue weighted by Gasteiger charge is 2.58. The fourth-order valence-corrected chi connectivity index (χ4v) is 7.91. The molecule has 0 atom stereocenters. The summed E-state index contributed by atoms with van der Waals surface area (Å²) in [5, 5.41) is 13.8. The van der Waals surface area contributed by atoms with Gasteiger partial charge in [0.05, 0.1) is 6.33 Å². The summed E-state index contributed by atoms with van der Waals surface area (Å²) in [7, 11) is 7.97. The summed E-state index contributed by atoms with van der Waals surface area (Å²) < 4.78 is 5.90. The van der Waals surface area contributed by atoms with Gasteiger partial charge in [0.25, 0.3) is 11.8 Å². The number of carbonyl (C=O) groups is 2. The van der Waals surface area contributed by atoms with Gasteiger partial charge in [0, 0.05) is 68.2 Å². The number of carbonyl (C=O) groups excluding carboxylic acids is 2. The fourth-order valence-electron chi connectivity index (χ4n) is 7.91. The number of hydrogen-bond acceptors (Lipinski definition) is 10. The number of imidazole rings is 1. The maximum atomic E-state index is 14.2. The van der Waals surface area contributed by atoms with Crippen LogP contribution >= 0.6 is 0 Å². The molecule has 8 rings (SSSR count). The molecule has 3 heterocycles. The number of nitrogen functional groups attached to an aromatic ring is 1. The van der Waals surface area contributed by atoms with Gasteiger partial charge in [-0.05, 0) is 75.8 Å². The molecule has 0 unspecified atom stereocenters. The summed E-state index contributed by atoms with van der Waals surface area (Å²) in [4.78, 5) is 48.8. The molecule has 2 aromatic heterocycles. The van der Waals surface area contributed by atoms with Gasteiger partial charge < -0.3 is 30.6 Å². The van der Waals surface area contributed by atoms with Crippen molar-refractivity contribution in [3.05, 3.63) is 135 Å². The van der Waals surface area contributed by atoms with Crippen LogP contribution in [0.3, 0.4) is 0 Å². The molecular weight excluding hydrogens is 693 g/mol. The Bertz CT molecular complexity index is 2510. The van der Waals surface area contributed by atoms with Crippen molar-refractivity contribution in [2.24, 2.45) is 0 Å². The number of aromatic nitrogens is 4. The van der Waals surface area contributed by atoms with Crippen molar-refractivity contribution in [1.82, 2.24) is 30.2 Å². The molecule has 1 aliphatic carbocycles. The molecule has 4 aromatic carbocycles. The van der Waals surface area contributed by atoms with Gasteiger partial charge >= 0.3 is 0 Å². The van der Waals surface area contributed by atoms with Crippen LogP contribution in [0.4, 0.5) is 17.3 Å². The molecule has 0 fully saturated rings. The van der Waals surface area contributed by atoms with Crippen LogP contribution in [0.5, 0.6) is 5.88 Å². The summed E-state index contributed by atoms with van der Waals surface area (Å²) >= 11 is 0. The molecule has 0 saturated heterocycles. The summed E-state index contributed by atoms with van der Waals surface area (Å²) in [6, 6.07) is 25.2. The van der Waals surface area contributed by atoms with Gasteiger partial charge in [-0.1, -0.05) is 50.2 Å². The van der Waals surface area contributed by atoms with Gasteiger partial charge in [0.15, 0.2) is 17.4 Å². The third-order valence-corrected chi connectivity index (χ3v) is 10.8. The minimum absolute atomic E-state index is 0.0832. The first-order valence-electron chi connectivity index (χ1n) is 17.8. The van der Waals surface area contributed by atoms with Gasteiger partial charge in [-0.15, -0.1) is 0 Å². The quantitative estimate of drug-likeness (QED) is 0.171. The number of aromatic amines is 1. The average molecular weight is 733 g/mol. The second kappa shape index (κ2) is 12.9. The van der Waals surface area contributed by atoms with Crippen molar-refractivity contribution in [2.75, 3.05) is 43.7 Å². The first-order chi connectivity index (χ1) is 26.3. The van der Waals surface area contributed by atoms with E-state index in [0.717, 1.165) is 44.8 Å². The number of amides is 2. The first kappa shape index (κ1) is 35.1. The van der Waals surface area contributed by atoms with Crippen LogP contribution in [0, 0.1) is 11.5 Å². The van der Waals surface area contributed by atoms with E-state index in [1.165, 1.54) is 11.2 Å². The molecule has 13 heteroatoms. The van der Waals surface area contributed by atoms with Crippen LogP contribution in [0.25, 0.3) is 11.2 Å². The van der Waals surface area contributed by atoms with Gasteiger partial charge in [-0.2, -0.15) is 15.2 Å². The van der Waals surface area contributed by atoms with Crippen molar-refractivity contribution in [3.8, 4) is 12.1 Å². The average Bonchev–Trinajstić information content (AvgIpc) is 3.75. The Balaban J connectivity index is 1.12. The van der Waals surface area contributed by atoms with E-state index in [0.29, 0.717) is 27.9 Å². The van der Waals surface area contributed by atoms with Crippen LogP contribution in [-0.4, -0.2) is 64.8 Å². The van der Waals surface area contributed by atoms with Crippen molar-refractivity contribution in [3.63, 3.8) is 0 Å². The second-order valence-electron chi connectivity index (χ2n) is 14.9. The van der Waals surface area contributed by atoms with Gasteiger partial charge in [-0.3, -0.25) is 9.59 Å². The third-order valence-electron chi connectivity index (χ3n) is 10.8. The van der Waals surface area contributed by atoms with Crippen LogP contribution in [-0.2, 0) is 24.1 Å². The molecule has 1 aliphatic heterocycles. The smallest absolute Gasteiger partial charge is 0.268 e. The van der Waals surface area contributed by atoms with E-state index in [9.17, 15) is 14.9 Å². The van der Waals surface area contributed by atoms with E-state index in [-0.39, 0.29) is 30.9 Å². The summed E-state index contributed by atoms with van der Waals surface area (Å²) in [5.41, 5.74) is 13.9. The number of benzene rings is 4. The molecule has 276 valence electrons. The van der Waals surface area contributed by atoms with E-state index in [1.807, 2.05) is 86.5 Å². The summed E-state index contributed by atoms with van der Waals surface area (Å²) in [6.45, 7) is 4.86. The SMILES string of the molecule is CN(C)c1ccc2c(c1)C(C)(C)c1cc(N(C)C)ccc1C21c2cc(C(=O)NCc3ccc(COc4nc(N)nc5[nH]cnc45)cc3)ccc2C(=O)N1C#N. The Labute approximate surface area is 318 Å². The maximum Gasteiger partial charge on any atom is 0.268 e. The molecule has 6 aromatic rings. The summed E-state index contributed by atoms with van der Waals surface area (Å²) in [5.74, 6) is -0.341. The van der Waals surface area contributed by atoms with Crippen molar-refractivity contribution in [2.45, 2.75) is 38.0 Å². The van der Waals surface area contributed by atoms with Gasteiger partial charge in [0.2, 0.25) is 11.8 Å². The largest absolute Gasteiger partial charge is 0.471 e. The topological polar surface area (TPSA) is 169 Å². The molecule has 0 radical (unpaired) electrons. The normalized spacial score (nSPS) is 14.6. The molecule has 0 saturated carbocycles. The molecule has 55 heavy (non-hydrogen) atoms. The zero-order valence-electron chi connectivity index (χ0n) is 31.4. The van der Waals surface area contributed by atoms with Crippen molar-refractivity contribution in [1.29, 1.82) is 5.26 Å². The number of ether oxygens (including phenoxy) is 1. The molecule has 13 nitrogen and oxygen atoms in total. The molecule has 0 bridgehead atoms. The first-order valence-corrected chi connectivity index (χ1v) is 17.8. The fraction of sp³-hybridized carbons (Fsp3) is 0.238. The monoisotopic (exact) mass is 732 g/mol. The molecular formula is C42H40N10O3. The number of nitrogens with two attached hydrogens (primary N) is 1. The zero-order chi connectivity index (χ0) is 38.8. The predicted octanol–water partition coefficient (Wildman–Crippen LogP) is 5.44. The number of fused-ring (bicyclic) bond motifs is 7. The third kappa shape index (κ3) is 5.48. The standard InChI is InChI=1S/C42H40N10O3/c1-41(2)33-18-27(50(3)4)12-15-30(33)42(31-16-13-28(51(5)6)19-34(31)41)32-17-26(11-14-29(32)39(54)52(42)22-43)37(53)45-20-24-7-9-25(10-8-24)21-55-38-35-36(47-23-46-35)48-40(44)49-38/h7-19,23H,20-21H2,1-6H3,(H,45,53)(H3,44,46,47,48,49). The molecule has 2 amide bonds. The van der Waals surface area contributed by atoms with Crippen molar-refractivity contribution < 1.29 is 14.3 Å². The number of nitriles is 1. The lowest BCUT2D eigenvalue weighted by Gasteiger charge is -2.48. The number of nitrogens with zero attached hydrogens (tertiary/aromatic N) is 7. The number of hydrogen-bond donors (Lipinski definition) is 3. The molecule has 2 aliphatic rings. The minimum atomic E-state index is -1.29. The maximum absolute atomic E-state index is 14.2. The van der Waals surface area contributed by atoms with E-state index in [4.69, 9.17) is 10.5 Å². The van der Waals surface area contributed by atoms with E-state index >= 15 is 0 Å². The molecule has 4 N–H and O–H groups in total. The Morgan fingerprint density at radius 1 is 0.873 bits per heavy atom. The lowest BCUT2D eigenvalue weighted by Crippen LogP contribution is -2.49. The lowest BCUT2D eigenvalue weighted by molar-refractivity contribution is 0.0785.